The fourth-order valence-electron chi connectivity index (χ4n) is 0.0211. The molecule has 0 aromatic carbocycles. The molecule has 0 saturated carbocycles. The van der Waals surface area contributed by atoms with E-state index >= 15 is 0 Å². The standard InChI is InChI=1S/HN3S.Sn.H/c1-2-3-4;;/h4H;;/q;+1;/p-1. The molecule has 3 nitrogen and oxygen atoms in total. The number of azide groups is 1. The Balaban J connectivity index is 2.93. The zero-order chi connectivity index (χ0) is 4.12. The minimum atomic E-state index is 0.947. The van der Waals surface area contributed by atoms with Gasteiger partial charge in [-0.3, -0.25) is 0 Å². The molecule has 0 spiro atoms. The molecule has 0 unspecified atom stereocenters. The monoisotopic (exact) mass is 195 g/mol. The minimum absolute atomic E-state index is 0.947. The molecule has 2 radical (unpaired) electrons. The summed E-state index contributed by atoms with van der Waals surface area (Å²) in [6, 6.07) is 0. The van der Waals surface area contributed by atoms with Crippen molar-refractivity contribution in [2.24, 2.45) is 4.52 Å². The summed E-state index contributed by atoms with van der Waals surface area (Å²) in [6.45, 7) is 0. The topological polar surface area (TPSA) is 48.8 Å². The maximum atomic E-state index is 7.52. The van der Waals surface area contributed by atoms with Crippen molar-refractivity contribution in [2.75, 3.05) is 0 Å². The third-order valence-electron chi connectivity index (χ3n) is 0.0837. The van der Waals surface area contributed by atoms with Gasteiger partial charge in [-0.15, -0.1) is 0 Å². The van der Waals surface area contributed by atoms with Crippen LogP contribution in [0.15, 0.2) is 4.52 Å². The molecule has 0 aliphatic heterocycles. The van der Waals surface area contributed by atoms with Crippen molar-refractivity contribution < 1.29 is 0 Å². The van der Waals surface area contributed by atoms with Gasteiger partial charge in [0, 0.05) is 0 Å². The molecule has 0 saturated heterocycles. The SMILES string of the molecule is [N-]=[N+]=N[S][SnH]. The molecule has 0 aromatic heterocycles. The molecule has 0 N–H and O–H groups in total. The third-order valence-corrected chi connectivity index (χ3v) is 1.06. The van der Waals surface area contributed by atoms with Crippen molar-refractivity contribution in [3.8, 4) is 0 Å². The van der Waals surface area contributed by atoms with Crippen molar-refractivity contribution in [3.63, 3.8) is 0 Å². The molecular weight excluding hydrogens is 193 g/mol. The summed E-state index contributed by atoms with van der Waals surface area (Å²) in [5.41, 5.74) is 7.52. The van der Waals surface area contributed by atoms with E-state index in [9.17, 15) is 0 Å². The summed E-state index contributed by atoms with van der Waals surface area (Å²) in [5.74, 6) is 0. The average Bonchev–Trinajstić information content (AvgIpc) is 1.41. The predicted octanol–water partition coefficient (Wildman–Crippen LogP) is 0.761. The van der Waals surface area contributed by atoms with Crippen LogP contribution in [0.1, 0.15) is 0 Å². The van der Waals surface area contributed by atoms with E-state index in [4.69, 9.17) is 5.53 Å². The van der Waals surface area contributed by atoms with E-state index in [2.05, 4.69) is 9.43 Å². The molecule has 0 atom stereocenters. The molecule has 0 heterocycles. The number of hydrogen-bond donors (Lipinski definition) is 0. The molecule has 26 valence electrons. The van der Waals surface area contributed by atoms with Crippen LogP contribution in [-0.2, 0) is 0 Å². The first-order valence-electron chi connectivity index (χ1n) is 0.818. The van der Waals surface area contributed by atoms with E-state index in [-0.39, 0.29) is 0 Å². The van der Waals surface area contributed by atoms with Crippen molar-refractivity contribution in [1.29, 1.82) is 0 Å². The van der Waals surface area contributed by atoms with E-state index in [1.807, 2.05) is 0 Å². The van der Waals surface area contributed by atoms with Crippen molar-refractivity contribution >= 4 is 30.3 Å². The molecule has 0 aliphatic carbocycles. The first kappa shape index (κ1) is 5.46. The van der Waals surface area contributed by atoms with Gasteiger partial charge in [-0.25, -0.2) is 0 Å². The number of nitrogens with zero attached hydrogens (tertiary/aromatic N) is 3. The summed E-state index contributed by atoms with van der Waals surface area (Å²) in [4.78, 5) is 2.47. The van der Waals surface area contributed by atoms with Gasteiger partial charge >= 0.3 is 45.2 Å². The number of rotatable bonds is 1. The Morgan fingerprint density at radius 3 is 2.60 bits per heavy atom. The summed E-state index contributed by atoms with van der Waals surface area (Å²) < 4.78 is 3.13. The quantitative estimate of drug-likeness (QED) is 0.200. The van der Waals surface area contributed by atoms with E-state index in [0.29, 0.717) is 0 Å². The van der Waals surface area contributed by atoms with Gasteiger partial charge in [0.05, 0.1) is 0 Å². The van der Waals surface area contributed by atoms with Crippen LogP contribution >= 0.6 is 9.13 Å². The van der Waals surface area contributed by atoms with Gasteiger partial charge in [0.15, 0.2) is 0 Å². The molecule has 0 aliphatic rings. The molecule has 0 bridgehead atoms. The van der Waals surface area contributed by atoms with E-state index in [1.165, 1.54) is 9.13 Å². The van der Waals surface area contributed by atoms with Crippen LogP contribution in [0.3, 0.4) is 0 Å². The van der Waals surface area contributed by atoms with Crippen LogP contribution in [0, 0.1) is 0 Å². The van der Waals surface area contributed by atoms with Crippen LogP contribution in [0.4, 0.5) is 0 Å². The Morgan fingerprint density at radius 1 is 2.00 bits per heavy atom. The second kappa shape index (κ2) is 4.46. The van der Waals surface area contributed by atoms with E-state index in [1.54, 1.807) is 0 Å². The Kier molecular flexibility index (Phi) is 4.87. The van der Waals surface area contributed by atoms with Crippen LogP contribution in [-0.4, -0.2) is 21.1 Å². The van der Waals surface area contributed by atoms with Gasteiger partial charge in [-0.05, 0) is 0 Å². The van der Waals surface area contributed by atoms with Gasteiger partial charge in [-0.2, -0.15) is 0 Å². The second-order valence-electron chi connectivity index (χ2n) is 0.277. The van der Waals surface area contributed by atoms with Crippen molar-refractivity contribution in [2.45, 2.75) is 0 Å². The fraction of sp³-hybridized carbons (Fsp3) is 0. The normalized spacial score (nSPS) is 5.80. The first-order chi connectivity index (χ1) is 2.41. The molecule has 0 rings (SSSR count). The Hall–Kier alpha value is 0.459. The Morgan fingerprint density at radius 2 is 2.60 bits per heavy atom. The van der Waals surface area contributed by atoms with Gasteiger partial charge in [0.2, 0.25) is 0 Å². The van der Waals surface area contributed by atoms with Gasteiger partial charge in [0.25, 0.3) is 0 Å². The maximum absolute atomic E-state index is 7.52. The third kappa shape index (κ3) is 4.46. The van der Waals surface area contributed by atoms with Gasteiger partial charge in [0.1, 0.15) is 0 Å². The molecule has 0 fully saturated rings. The fourth-order valence-corrected chi connectivity index (χ4v) is 0.424. The zero-order valence-corrected chi connectivity index (χ0v) is 6.44. The molecule has 5 heteroatoms. The molecule has 5 heavy (non-hydrogen) atoms. The van der Waals surface area contributed by atoms with E-state index in [0.717, 1.165) is 21.1 Å². The Labute approximate surface area is 45.4 Å². The van der Waals surface area contributed by atoms with Crippen molar-refractivity contribution in [1.82, 2.24) is 0 Å². The first-order valence-corrected chi connectivity index (χ1v) is 5.69. The summed E-state index contributed by atoms with van der Waals surface area (Å²) in [7, 11) is 1.24. The molecular formula is HN3SSn. The summed E-state index contributed by atoms with van der Waals surface area (Å²) in [6.07, 6.45) is 0. The van der Waals surface area contributed by atoms with Crippen LogP contribution < -0.4 is 0 Å². The Bertz CT molecular complexity index is 53.9. The molecule has 0 aromatic rings. The van der Waals surface area contributed by atoms with Crippen LogP contribution in [0.2, 0.25) is 0 Å². The summed E-state index contributed by atoms with van der Waals surface area (Å²) >= 11 is 0.947. The average molecular weight is 194 g/mol. The van der Waals surface area contributed by atoms with Crippen LogP contribution in [0.25, 0.3) is 10.4 Å². The van der Waals surface area contributed by atoms with Gasteiger partial charge < -0.3 is 0 Å². The molecule has 0 amide bonds. The predicted molar refractivity (Wildman–Crippen MR) is 23.9 cm³/mol. The zero-order valence-electron chi connectivity index (χ0n) is 2.33. The number of hydrogen-bond acceptors (Lipinski definition) is 2. The van der Waals surface area contributed by atoms with E-state index < -0.39 is 0 Å². The summed E-state index contributed by atoms with van der Waals surface area (Å²) in [5, 5.41) is 0. The van der Waals surface area contributed by atoms with Gasteiger partial charge in [-0.1, -0.05) is 0 Å². The van der Waals surface area contributed by atoms with Crippen LogP contribution in [0.5, 0.6) is 0 Å². The second-order valence-corrected chi connectivity index (χ2v) is 2.46. The van der Waals surface area contributed by atoms with Crippen molar-refractivity contribution in [3.05, 3.63) is 10.4 Å².